The van der Waals surface area contributed by atoms with E-state index in [1.807, 2.05) is 75.4 Å². The molecule has 0 bridgehead atoms. The molecule has 0 saturated heterocycles. The second-order valence-electron chi connectivity index (χ2n) is 7.41. The number of carbonyl (C=O) groups is 1. The summed E-state index contributed by atoms with van der Waals surface area (Å²) in [5, 5.41) is 3.62. The average Bonchev–Trinajstić information content (AvgIpc) is 2.63. The Balaban J connectivity index is 2.06. The quantitative estimate of drug-likeness (QED) is 0.800. The Labute approximate surface area is 156 Å². The number of carbonyl (C=O) groups excluding carboxylic acids is 1. The molecule has 3 heteroatoms. The van der Waals surface area contributed by atoms with Gasteiger partial charge in [-0.25, -0.2) is 10.0 Å². The van der Waals surface area contributed by atoms with E-state index in [0.29, 0.717) is 0 Å². The van der Waals surface area contributed by atoms with Gasteiger partial charge in [-0.1, -0.05) is 86.7 Å². The zero-order chi connectivity index (χ0) is 18.7. The molecule has 1 aliphatic rings. The van der Waals surface area contributed by atoms with Crippen LogP contribution in [0.15, 0.2) is 78.5 Å². The molecule has 2 aromatic rings. The molecular formula is C23H26N2O. The monoisotopic (exact) mass is 346 g/mol. The van der Waals surface area contributed by atoms with Crippen LogP contribution in [0.3, 0.4) is 0 Å². The number of amides is 1. The van der Waals surface area contributed by atoms with Gasteiger partial charge in [0.1, 0.15) is 0 Å². The molecule has 0 unspecified atom stereocenters. The highest BCUT2D eigenvalue weighted by atomic mass is 16.2. The van der Waals surface area contributed by atoms with Gasteiger partial charge in [0.05, 0.1) is 11.1 Å². The van der Waals surface area contributed by atoms with E-state index in [1.54, 1.807) is 5.01 Å². The lowest BCUT2D eigenvalue weighted by atomic mass is 9.71. The summed E-state index contributed by atoms with van der Waals surface area (Å²) in [5.41, 5.74) is 2.66. The minimum atomic E-state index is -0.518. The molecule has 0 radical (unpaired) electrons. The van der Waals surface area contributed by atoms with Crippen LogP contribution in [0.2, 0.25) is 0 Å². The predicted molar refractivity (Wildman–Crippen MR) is 107 cm³/mol. The Morgan fingerprint density at radius 3 is 2.08 bits per heavy atom. The van der Waals surface area contributed by atoms with Gasteiger partial charge < -0.3 is 0 Å². The first kappa shape index (κ1) is 18.2. The summed E-state index contributed by atoms with van der Waals surface area (Å²) in [4.78, 5) is 13.3. The molecule has 3 rings (SSSR count). The lowest BCUT2D eigenvalue weighted by molar-refractivity contribution is -0.152. The van der Waals surface area contributed by atoms with Gasteiger partial charge in [0, 0.05) is 20.0 Å². The average molecular weight is 346 g/mol. The lowest BCUT2D eigenvalue weighted by Gasteiger charge is -2.44. The topological polar surface area (TPSA) is 23.6 Å². The molecule has 0 fully saturated rings. The van der Waals surface area contributed by atoms with Crippen LogP contribution in [0.4, 0.5) is 0 Å². The van der Waals surface area contributed by atoms with E-state index in [4.69, 9.17) is 0 Å². The largest absolute Gasteiger partial charge is 0.272 e. The van der Waals surface area contributed by atoms with Crippen LogP contribution in [0.25, 0.3) is 6.08 Å². The fourth-order valence-corrected chi connectivity index (χ4v) is 3.43. The number of benzene rings is 2. The molecule has 0 spiro atoms. The van der Waals surface area contributed by atoms with Crippen molar-refractivity contribution in [3.8, 4) is 0 Å². The lowest BCUT2D eigenvalue weighted by Crippen LogP contribution is -2.51. The molecular weight excluding hydrogens is 320 g/mol. The van der Waals surface area contributed by atoms with Crippen LogP contribution < -0.4 is 0 Å². The fourth-order valence-electron chi connectivity index (χ4n) is 3.43. The maximum absolute atomic E-state index is 13.3. The Hall–Kier alpha value is -2.65. The Morgan fingerprint density at radius 1 is 0.923 bits per heavy atom. The second kappa shape index (κ2) is 7.30. The van der Waals surface area contributed by atoms with Crippen LogP contribution in [0.1, 0.15) is 30.9 Å². The first-order valence-corrected chi connectivity index (χ1v) is 8.93. The highest BCUT2D eigenvalue weighted by Crippen LogP contribution is 2.43. The maximum atomic E-state index is 13.3. The van der Waals surface area contributed by atoms with Gasteiger partial charge in [-0.2, -0.15) is 0 Å². The van der Waals surface area contributed by atoms with Crippen molar-refractivity contribution in [1.29, 1.82) is 0 Å². The van der Waals surface area contributed by atoms with Gasteiger partial charge in [0.25, 0.3) is 0 Å². The Morgan fingerprint density at radius 2 is 1.50 bits per heavy atom. The van der Waals surface area contributed by atoms with Crippen molar-refractivity contribution in [2.24, 2.45) is 5.41 Å². The fraction of sp³-hybridized carbons (Fsp3) is 0.261. The van der Waals surface area contributed by atoms with E-state index in [2.05, 4.69) is 36.4 Å². The third-order valence-electron chi connectivity index (χ3n) is 4.91. The zero-order valence-electron chi connectivity index (χ0n) is 15.9. The van der Waals surface area contributed by atoms with Crippen LogP contribution in [-0.4, -0.2) is 30.0 Å². The molecule has 0 aliphatic carbocycles. The van der Waals surface area contributed by atoms with E-state index in [0.717, 1.165) is 16.8 Å². The van der Waals surface area contributed by atoms with Gasteiger partial charge in [-0.3, -0.25) is 4.79 Å². The minimum Gasteiger partial charge on any atom is -0.272 e. The van der Waals surface area contributed by atoms with Crippen LogP contribution in [-0.2, 0) is 4.79 Å². The number of hydrogen-bond acceptors (Lipinski definition) is 2. The van der Waals surface area contributed by atoms with E-state index in [9.17, 15) is 4.79 Å². The number of nitrogens with zero attached hydrogens (tertiary/aromatic N) is 2. The Bertz CT molecular complexity index is 820. The molecule has 1 amide bonds. The van der Waals surface area contributed by atoms with Crippen LogP contribution in [0.5, 0.6) is 0 Å². The second-order valence-corrected chi connectivity index (χ2v) is 7.41. The van der Waals surface area contributed by atoms with Crippen molar-refractivity contribution in [1.82, 2.24) is 10.0 Å². The number of hydrogen-bond donors (Lipinski definition) is 0. The van der Waals surface area contributed by atoms with Crippen LogP contribution >= 0.6 is 0 Å². The van der Waals surface area contributed by atoms with Crippen molar-refractivity contribution in [2.45, 2.75) is 19.8 Å². The summed E-state index contributed by atoms with van der Waals surface area (Å²) in [6, 6.07) is 20.4. The van der Waals surface area contributed by atoms with Crippen molar-refractivity contribution < 1.29 is 4.79 Å². The summed E-state index contributed by atoms with van der Waals surface area (Å²) in [7, 11) is 3.81. The van der Waals surface area contributed by atoms with Gasteiger partial charge in [-0.15, -0.1) is 0 Å². The maximum Gasteiger partial charge on any atom is 0.248 e. The van der Waals surface area contributed by atoms with Gasteiger partial charge in [0.2, 0.25) is 5.91 Å². The summed E-state index contributed by atoms with van der Waals surface area (Å²) in [6.45, 7) is 4.05. The van der Waals surface area contributed by atoms with E-state index in [1.165, 1.54) is 0 Å². The molecule has 2 aromatic carbocycles. The Kier molecular flexibility index (Phi) is 5.10. The van der Waals surface area contributed by atoms with Crippen molar-refractivity contribution in [3.63, 3.8) is 0 Å². The SMILES string of the molecule is CN(C)N1C(=O)C(C)(C)[C@H](c2ccccc2)C=C1/C=C/c1ccccc1. The summed E-state index contributed by atoms with van der Waals surface area (Å²) >= 11 is 0. The van der Waals surface area contributed by atoms with E-state index in [-0.39, 0.29) is 11.8 Å². The highest BCUT2D eigenvalue weighted by molar-refractivity contribution is 5.87. The standard InChI is InChI=1S/C23H26N2O/c1-23(2)21(19-13-9-6-10-14-19)17-20(25(22(23)26)24(3)4)16-15-18-11-7-5-8-12-18/h5-17,21H,1-4H3/b16-15+/t21-/m0/s1. The van der Waals surface area contributed by atoms with E-state index >= 15 is 0 Å². The minimum absolute atomic E-state index is 0.0304. The highest BCUT2D eigenvalue weighted by Gasteiger charge is 2.44. The summed E-state index contributed by atoms with van der Waals surface area (Å²) < 4.78 is 0. The number of allylic oxidation sites excluding steroid dienone is 2. The van der Waals surface area contributed by atoms with Gasteiger partial charge >= 0.3 is 0 Å². The first-order valence-electron chi connectivity index (χ1n) is 8.93. The van der Waals surface area contributed by atoms with Crippen molar-refractivity contribution in [3.05, 3.63) is 89.6 Å². The third-order valence-corrected chi connectivity index (χ3v) is 4.91. The predicted octanol–water partition coefficient (Wildman–Crippen LogP) is 4.71. The van der Waals surface area contributed by atoms with Crippen molar-refractivity contribution >= 4 is 12.0 Å². The molecule has 1 heterocycles. The molecule has 3 nitrogen and oxygen atoms in total. The van der Waals surface area contributed by atoms with Gasteiger partial charge in [0.15, 0.2) is 0 Å². The van der Waals surface area contributed by atoms with Gasteiger partial charge in [-0.05, 0) is 17.2 Å². The molecule has 26 heavy (non-hydrogen) atoms. The first-order chi connectivity index (χ1) is 12.4. The molecule has 0 aromatic heterocycles. The van der Waals surface area contributed by atoms with Crippen molar-refractivity contribution in [2.75, 3.05) is 14.1 Å². The third kappa shape index (κ3) is 3.49. The summed E-state index contributed by atoms with van der Waals surface area (Å²) in [5.74, 6) is 0.134. The van der Waals surface area contributed by atoms with E-state index < -0.39 is 5.41 Å². The zero-order valence-corrected chi connectivity index (χ0v) is 15.9. The molecule has 134 valence electrons. The number of hydrazine groups is 1. The molecule has 1 aliphatic heterocycles. The smallest absolute Gasteiger partial charge is 0.248 e. The summed E-state index contributed by atoms with van der Waals surface area (Å²) in [6.07, 6.45) is 6.28. The number of rotatable bonds is 4. The van der Waals surface area contributed by atoms with Crippen LogP contribution in [0, 0.1) is 5.41 Å². The molecule has 0 N–H and O–H groups in total. The normalized spacial score (nSPS) is 19.9. The molecule has 1 atom stereocenters. The molecule has 0 saturated carbocycles.